The maximum atomic E-state index is 13.6. The summed E-state index contributed by atoms with van der Waals surface area (Å²) in [4.78, 5) is 26.1. The minimum absolute atomic E-state index is 0.0333. The van der Waals surface area contributed by atoms with E-state index < -0.39 is 17.8 Å². The molecule has 40 heavy (non-hydrogen) atoms. The van der Waals surface area contributed by atoms with Crippen LogP contribution in [0, 0.1) is 0 Å². The average molecular weight is 591 g/mol. The number of anilines is 1. The van der Waals surface area contributed by atoms with Gasteiger partial charge in [-0.25, -0.2) is 14.5 Å². The zero-order valence-corrected chi connectivity index (χ0v) is 22.9. The molecule has 0 bridgehead atoms. The second kappa shape index (κ2) is 10.9. The molecule has 210 valence electrons. The highest BCUT2D eigenvalue weighted by molar-refractivity contribution is 7.09. The number of alkyl halides is 3. The summed E-state index contributed by atoms with van der Waals surface area (Å²) in [6, 6.07) is 10.0. The van der Waals surface area contributed by atoms with Crippen LogP contribution in [0.5, 0.6) is 0 Å². The number of aromatic nitrogens is 5. The van der Waals surface area contributed by atoms with Crippen molar-refractivity contribution in [3.05, 3.63) is 69.9 Å². The number of hydrogen-bond donors (Lipinski definition) is 1. The Labute approximate surface area is 237 Å². The van der Waals surface area contributed by atoms with E-state index in [1.807, 2.05) is 24.3 Å². The number of piperazine rings is 1. The lowest BCUT2D eigenvalue weighted by molar-refractivity contribution is -0.142. The van der Waals surface area contributed by atoms with E-state index in [4.69, 9.17) is 16.6 Å². The molecule has 4 heterocycles. The van der Waals surface area contributed by atoms with E-state index in [1.165, 1.54) is 17.6 Å². The molecule has 2 aliphatic rings. The molecule has 0 unspecified atom stereocenters. The molecular weight excluding hydrogens is 565 g/mol. The predicted octanol–water partition coefficient (Wildman–Crippen LogP) is 4.27. The number of fused-ring (bicyclic) bond motifs is 1. The number of rotatable bonds is 8. The van der Waals surface area contributed by atoms with E-state index in [-0.39, 0.29) is 17.3 Å². The SMILES string of the molecule is O=C(NCCN1CCN(c2nc(Cc3ccc(Cl)cc3)ns2)CC1)c1cc2nc(C3CC3)cc(C(F)(F)F)n2n1. The number of hydrogen-bond acceptors (Lipinski definition) is 8. The van der Waals surface area contributed by atoms with Gasteiger partial charge < -0.3 is 10.2 Å². The van der Waals surface area contributed by atoms with Gasteiger partial charge in [-0.3, -0.25) is 9.69 Å². The molecule has 1 saturated carbocycles. The molecule has 4 aromatic rings. The molecule has 1 N–H and O–H groups in total. The summed E-state index contributed by atoms with van der Waals surface area (Å²) in [6.07, 6.45) is -2.31. The van der Waals surface area contributed by atoms with Gasteiger partial charge in [0.1, 0.15) is 11.5 Å². The highest BCUT2D eigenvalue weighted by Crippen LogP contribution is 2.41. The number of halogens is 4. The largest absolute Gasteiger partial charge is 0.433 e. The summed E-state index contributed by atoms with van der Waals surface area (Å²) < 4.78 is 46.1. The lowest BCUT2D eigenvalue weighted by atomic mass is 10.1. The Kier molecular flexibility index (Phi) is 7.36. The molecule has 0 radical (unpaired) electrons. The molecule has 1 aliphatic carbocycles. The molecule has 0 atom stereocenters. The molecule has 1 saturated heterocycles. The lowest BCUT2D eigenvalue weighted by Gasteiger charge is -2.34. The van der Waals surface area contributed by atoms with Crippen LogP contribution in [0.2, 0.25) is 5.02 Å². The fraction of sp³-hybridized carbons (Fsp3) is 0.423. The third-order valence-electron chi connectivity index (χ3n) is 7.05. The maximum Gasteiger partial charge on any atom is 0.433 e. The van der Waals surface area contributed by atoms with E-state index in [0.717, 1.165) is 61.6 Å². The first-order valence-electron chi connectivity index (χ1n) is 13.0. The van der Waals surface area contributed by atoms with E-state index in [1.54, 1.807) is 0 Å². The number of amides is 1. The standard InChI is InChI=1S/C26H26ClF3N8OS/c27-18-5-1-16(2-6-18)13-22-33-25(40-35-22)37-11-9-36(10-12-37)8-7-31-24(39)20-15-23-32-19(17-3-4-17)14-21(26(28,29)30)38(23)34-20/h1-2,5-6,14-15,17H,3-4,7-13H2,(H,31,39). The van der Waals surface area contributed by atoms with Crippen LogP contribution in [-0.4, -0.2) is 74.0 Å². The number of nitrogens with zero attached hydrogens (tertiary/aromatic N) is 7. The first-order valence-corrected chi connectivity index (χ1v) is 14.2. The van der Waals surface area contributed by atoms with E-state index in [0.29, 0.717) is 34.7 Å². The summed E-state index contributed by atoms with van der Waals surface area (Å²) in [6.45, 7) is 4.11. The van der Waals surface area contributed by atoms with Crippen LogP contribution >= 0.6 is 23.1 Å². The van der Waals surface area contributed by atoms with Gasteiger partial charge in [-0.15, -0.1) is 0 Å². The van der Waals surface area contributed by atoms with E-state index in [2.05, 4.69) is 29.6 Å². The predicted molar refractivity (Wildman–Crippen MR) is 145 cm³/mol. The van der Waals surface area contributed by atoms with Gasteiger partial charge in [0.05, 0.1) is 0 Å². The summed E-state index contributed by atoms with van der Waals surface area (Å²) in [5.74, 6) is 0.301. The Morgan fingerprint density at radius 2 is 1.82 bits per heavy atom. The maximum absolute atomic E-state index is 13.6. The Bertz CT molecular complexity index is 1510. The van der Waals surface area contributed by atoms with Gasteiger partial charge in [-0.2, -0.15) is 22.6 Å². The quantitative estimate of drug-likeness (QED) is 0.328. The molecule has 1 aliphatic heterocycles. The molecule has 3 aromatic heterocycles. The zero-order valence-electron chi connectivity index (χ0n) is 21.4. The number of benzene rings is 1. The van der Waals surface area contributed by atoms with Crippen molar-refractivity contribution >= 4 is 39.8 Å². The van der Waals surface area contributed by atoms with Crippen molar-refractivity contribution in [2.45, 2.75) is 31.4 Å². The third kappa shape index (κ3) is 6.06. The van der Waals surface area contributed by atoms with Crippen LogP contribution in [-0.2, 0) is 12.6 Å². The Balaban J connectivity index is 0.998. The highest BCUT2D eigenvalue weighted by Gasteiger charge is 2.37. The van der Waals surface area contributed by atoms with Crippen LogP contribution in [0.4, 0.5) is 18.3 Å². The van der Waals surface area contributed by atoms with Gasteiger partial charge in [0.25, 0.3) is 5.91 Å². The fourth-order valence-electron chi connectivity index (χ4n) is 4.71. The second-order valence-corrected chi connectivity index (χ2v) is 11.2. The van der Waals surface area contributed by atoms with Crippen molar-refractivity contribution in [3.8, 4) is 0 Å². The number of carbonyl (C=O) groups is 1. The lowest BCUT2D eigenvalue weighted by Crippen LogP contribution is -2.48. The Hall–Kier alpha value is -3.29. The minimum Gasteiger partial charge on any atom is -0.349 e. The molecule has 0 spiro atoms. The Morgan fingerprint density at radius 3 is 2.52 bits per heavy atom. The van der Waals surface area contributed by atoms with Crippen molar-refractivity contribution in [2.24, 2.45) is 0 Å². The van der Waals surface area contributed by atoms with Gasteiger partial charge in [-0.1, -0.05) is 23.7 Å². The van der Waals surface area contributed by atoms with Gasteiger partial charge in [0.2, 0.25) is 5.13 Å². The van der Waals surface area contributed by atoms with Crippen molar-refractivity contribution in [2.75, 3.05) is 44.2 Å². The summed E-state index contributed by atoms with van der Waals surface area (Å²) >= 11 is 7.34. The minimum atomic E-state index is -4.60. The highest BCUT2D eigenvalue weighted by atomic mass is 35.5. The average Bonchev–Trinajstić information content (AvgIpc) is 3.52. The van der Waals surface area contributed by atoms with Crippen molar-refractivity contribution in [1.29, 1.82) is 0 Å². The summed E-state index contributed by atoms with van der Waals surface area (Å²) in [5, 5.41) is 8.29. The molecule has 1 amide bonds. The van der Waals surface area contributed by atoms with Gasteiger partial charge in [0.15, 0.2) is 11.3 Å². The van der Waals surface area contributed by atoms with Crippen LogP contribution in [0.15, 0.2) is 36.4 Å². The zero-order chi connectivity index (χ0) is 27.9. The van der Waals surface area contributed by atoms with Gasteiger partial charge in [0, 0.05) is 79.9 Å². The molecule has 2 fully saturated rings. The molecular formula is C26H26ClF3N8OS. The summed E-state index contributed by atoms with van der Waals surface area (Å²) in [5.41, 5.74) is 0.540. The van der Waals surface area contributed by atoms with Crippen molar-refractivity contribution in [1.82, 2.24) is 34.2 Å². The van der Waals surface area contributed by atoms with E-state index in [9.17, 15) is 18.0 Å². The number of nitrogens with one attached hydrogen (secondary N) is 1. The smallest absolute Gasteiger partial charge is 0.349 e. The number of carbonyl (C=O) groups excluding carboxylic acids is 1. The fourth-order valence-corrected chi connectivity index (χ4v) is 5.57. The molecule has 9 nitrogen and oxygen atoms in total. The first-order chi connectivity index (χ1) is 19.2. The van der Waals surface area contributed by atoms with Crippen molar-refractivity contribution in [3.63, 3.8) is 0 Å². The molecule has 6 rings (SSSR count). The molecule has 1 aromatic carbocycles. The van der Waals surface area contributed by atoms with Gasteiger partial charge >= 0.3 is 6.18 Å². The second-order valence-electron chi connectivity index (χ2n) is 10.0. The molecule has 14 heteroatoms. The monoisotopic (exact) mass is 590 g/mol. The Morgan fingerprint density at radius 1 is 1.07 bits per heavy atom. The third-order valence-corrected chi connectivity index (χ3v) is 8.12. The first kappa shape index (κ1) is 26.9. The van der Waals surface area contributed by atoms with Gasteiger partial charge in [-0.05, 0) is 36.6 Å². The van der Waals surface area contributed by atoms with Crippen LogP contribution in [0.25, 0.3) is 5.65 Å². The van der Waals surface area contributed by atoms with Crippen LogP contribution in [0.3, 0.4) is 0 Å². The van der Waals surface area contributed by atoms with Crippen LogP contribution < -0.4 is 10.2 Å². The van der Waals surface area contributed by atoms with E-state index >= 15 is 0 Å². The van der Waals surface area contributed by atoms with Crippen LogP contribution in [0.1, 0.15) is 52.0 Å². The normalized spacial score (nSPS) is 16.6. The topological polar surface area (TPSA) is 91.5 Å². The van der Waals surface area contributed by atoms with Crippen molar-refractivity contribution < 1.29 is 18.0 Å². The summed E-state index contributed by atoms with van der Waals surface area (Å²) in [7, 11) is 0.